The minimum atomic E-state index is 0.959. The number of aliphatic imine (C=N–C) groups is 3. The fourth-order valence-corrected chi connectivity index (χ4v) is 7.80. The van der Waals surface area contributed by atoms with Crippen LogP contribution < -0.4 is 0 Å². The topological polar surface area (TPSA) is 102 Å². The number of fused-ring (bicyclic) bond motifs is 11. The van der Waals surface area contributed by atoms with Crippen LogP contribution in [-0.2, 0) is 19.3 Å². The molecule has 3 aliphatic heterocycles. The zero-order chi connectivity index (χ0) is 44.9. The first-order chi connectivity index (χ1) is 32.8. The van der Waals surface area contributed by atoms with E-state index in [-0.39, 0.29) is 0 Å². The van der Waals surface area contributed by atoms with Crippen LogP contribution in [0.25, 0.3) is 43.4 Å². The van der Waals surface area contributed by atoms with Gasteiger partial charge in [0.25, 0.3) is 0 Å². The summed E-state index contributed by atoms with van der Waals surface area (Å²) < 4.78 is 0. The Morgan fingerprint density at radius 2 is 0.833 bits per heavy atom. The van der Waals surface area contributed by atoms with Gasteiger partial charge in [-0.3, -0.25) is 24.9 Å². The number of hydrogen-bond donors (Lipinski definition) is 0. The Labute approximate surface area is 385 Å². The summed E-state index contributed by atoms with van der Waals surface area (Å²) in [6, 6.07) is 59.4. The van der Waals surface area contributed by atoms with Gasteiger partial charge >= 0.3 is 0 Å². The number of benzene rings is 8. The quantitative estimate of drug-likeness (QED) is 0.141. The standard InChI is InChI=1S/C16H11N.C13H10.C10H8.C8H7N.C4H4N2.C4H5N.C3H3N3/c1-2-7-13-11(5-1)12-6-3-4-8-14(12)16-15(13)9-10-17-16;1-3-7-12-10(5-1)9-11-6-2-4-8-13(11)12;1-2-6-10-8-4-3-7-9(10)5-1;1-2-4-8-7(3-1)5-6-9-8;1-2-6-4-3-5-1;1-2-4-5-3-1;1-4-2-6-3-5-1/h1-8,10H,9H2;1-8H,9H2;1-8H;1-4,6H,5H2;1-4H;1,3-4H,2H2;1-3H. The van der Waals surface area contributed by atoms with E-state index >= 15 is 0 Å². The molecular formula is C58H48N8. The van der Waals surface area contributed by atoms with Crippen molar-refractivity contribution in [2.45, 2.75) is 25.7 Å². The van der Waals surface area contributed by atoms with Crippen molar-refractivity contribution in [3.8, 4) is 11.1 Å². The molecular weight excluding hydrogens is 809 g/mol. The van der Waals surface area contributed by atoms with Crippen molar-refractivity contribution < 1.29 is 0 Å². The molecule has 0 fully saturated rings. The van der Waals surface area contributed by atoms with Gasteiger partial charge in [-0.05, 0) is 72.8 Å². The van der Waals surface area contributed by atoms with Crippen LogP contribution in [0.2, 0.25) is 0 Å². The fraction of sp³-hybridized carbons (Fsp3) is 0.0690. The lowest BCUT2D eigenvalue weighted by Gasteiger charge is -2.09. The molecule has 1 aliphatic carbocycles. The lowest BCUT2D eigenvalue weighted by atomic mass is 9.95. The first-order valence-corrected chi connectivity index (χ1v) is 21.9. The summed E-state index contributed by atoms with van der Waals surface area (Å²) in [5.74, 6) is 0. The normalized spacial score (nSPS) is 12.1. The van der Waals surface area contributed by atoms with Gasteiger partial charge in [0.2, 0.25) is 0 Å². The summed E-state index contributed by atoms with van der Waals surface area (Å²) in [5, 5.41) is 7.89. The molecule has 10 aromatic rings. The molecule has 0 N–H and O–H groups in total. The van der Waals surface area contributed by atoms with Crippen molar-refractivity contribution in [3.63, 3.8) is 0 Å². The molecule has 4 aliphatic rings. The highest BCUT2D eigenvalue weighted by atomic mass is 14.9. The van der Waals surface area contributed by atoms with E-state index in [2.05, 4.69) is 192 Å². The minimum absolute atomic E-state index is 0.959. The number of hydrogen-bond acceptors (Lipinski definition) is 8. The number of allylic oxidation sites excluding steroid dienone is 1. The third-order valence-electron chi connectivity index (χ3n) is 10.8. The molecule has 0 amide bonds. The maximum atomic E-state index is 4.55. The molecule has 8 nitrogen and oxygen atoms in total. The average Bonchev–Trinajstić information content (AvgIpc) is 4.28. The SMILES string of the molecule is C1=CN=CC1.C1=Nc2c(c3ccccc3c3ccccc23)C1.C1=Nc2ccccc2C1.c1ccc2c(c1)Cc1ccccc1-2.c1ccc2ccccc2c1.c1cnccn1.c1ncncn1. The van der Waals surface area contributed by atoms with Crippen LogP contribution in [0.3, 0.4) is 0 Å². The van der Waals surface area contributed by atoms with Crippen LogP contribution in [-0.4, -0.2) is 43.6 Å². The summed E-state index contributed by atoms with van der Waals surface area (Å²) in [4.78, 5) is 30.6. The number of rotatable bonds is 0. The van der Waals surface area contributed by atoms with Gasteiger partial charge in [-0.15, -0.1) is 0 Å². The Bertz CT molecular complexity index is 3010. The third kappa shape index (κ3) is 11.9. The molecule has 0 unspecified atom stereocenters. The van der Waals surface area contributed by atoms with Gasteiger partial charge in [0.15, 0.2) is 0 Å². The van der Waals surface area contributed by atoms with Crippen molar-refractivity contribution in [3.05, 3.63) is 248 Å². The van der Waals surface area contributed by atoms with Gasteiger partial charge < -0.3 is 0 Å². The second-order valence-corrected chi connectivity index (χ2v) is 15.1. The Hall–Kier alpha value is -8.62. The smallest absolute Gasteiger partial charge is 0.119 e. The van der Waals surface area contributed by atoms with Crippen LogP contribution in [0.4, 0.5) is 11.4 Å². The van der Waals surface area contributed by atoms with Gasteiger partial charge in [0.1, 0.15) is 19.0 Å². The van der Waals surface area contributed by atoms with Crippen LogP contribution in [0.1, 0.15) is 28.7 Å². The highest BCUT2D eigenvalue weighted by molar-refractivity contribution is 6.16. The molecule has 320 valence electrons. The molecule has 0 spiro atoms. The van der Waals surface area contributed by atoms with Gasteiger partial charge in [0, 0.05) is 74.3 Å². The molecule has 14 rings (SSSR count). The largest absolute Gasteiger partial charge is 0.269 e. The van der Waals surface area contributed by atoms with E-state index in [4.69, 9.17) is 0 Å². The predicted octanol–water partition coefficient (Wildman–Crippen LogP) is 13.6. The van der Waals surface area contributed by atoms with Crippen molar-refractivity contribution in [1.29, 1.82) is 0 Å². The highest BCUT2D eigenvalue weighted by Crippen LogP contribution is 2.40. The second kappa shape index (κ2) is 23.7. The van der Waals surface area contributed by atoms with Crippen LogP contribution in [0, 0.1) is 0 Å². The third-order valence-corrected chi connectivity index (χ3v) is 10.8. The first-order valence-electron chi connectivity index (χ1n) is 21.9. The van der Waals surface area contributed by atoms with Gasteiger partial charge in [-0.2, -0.15) is 0 Å². The maximum absolute atomic E-state index is 4.55. The van der Waals surface area contributed by atoms with Gasteiger partial charge in [-0.1, -0.05) is 170 Å². The Morgan fingerprint density at radius 3 is 1.33 bits per heavy atom. The molecule has 8 heteroatoms. The molecule has 0 bridgehead atoms. The Balaban J connectivity index is 0.000000109. The highest BCUT2D eigenvalue weighted by Gasteiger charge is 2.17. The average molecular weight is 857 g/mol. The van der Waals surface area contributed by atoms with Crippen LogP contribution in [0.15, 0.2) is 241 Å². The first kappa shape index (κ1) is 44.0. The van der Waals surface area contributed by atoms with Crippen LogP contribution in [0.5, 0.6) is 0 Å². The van der Waals surface area contributed by atoms with Crippen molar-refractivity contribution in [2.24, 2.45) is 15.0 Å². The predicted molar refractivity (Wildman–Crippen MR) is 274 cm³/mol. The summed E-state index contributed by atoms with van der Waals surface area (Å²) >= 11 is 0. The van der Waals surface area contributed by atoms with Gasteiger partial charge in [0.05, 0.1) is 11.4 Å². The number of nitrogens with zero attached hydrogens (tertiary/aromatic N) is 8. The lowest BCUT2D eigenvalue weighted by molar-refractivity contribution is 1.05. The van der Waals surface area contributed by atoms with E-state index in [1.807, 2.05) is 42.9 Å². The van der Waals surface area contributed by atoms with E-state index in [9.17, 15) is 0 Å². The molecule has 66 heavy (non-hydrogen) atoms. The van der Waals surface area contributed by atoms with Crippen molar-refractivity contribution in [2.75, 3.05) is 0 Å². The van der Waals surface area contributed by atoms with Crippen LogP contribution >= 0.6 is 0 Å². The van der Waals surface area contributed by atoms with E-state index in [0.29, 0.717) is 0 Å². The minimum Gasteiger partial charge on any atom is -0.269 e. The summed E-state index contributed by atoms with van der Waals surface area (Å²) in [5.41, 5.74) is 10.8. The summed E-state index contributed by atoms with van der Waals surface area (Å²) in [6.07, 6.45) is 24.6. The second-order valence-electron chi connectivity index (χ2n) is 15.1. The fourth-order valence-electron chi connectivity index (χ4n) is 7.80. The Kier molecular flexibility index (Phi) is 15.8. The molecule has 2 aromatic heterocycles. The Morgan fingerprint density at radius 1 is 0.364 bits per heavy atom. The monoisotopic (exact) mass is 856 g/mol. The molecule has 0 saturated heterocycles. The van der Waals surface area contributed by atoms with Crippen molar-refractivity contribution in [1.82, 2.24) is 24.9 Å². The zero-order valence-electron chi connectivity index (χ0n) is 36.5. The number of para-hydroxylation sites is 1. The molecule has 0 radical (unpaired) electrons. The van der Waals surface area contributed by atoms with E-state index in [1.165, 1.54) is 90.4 Å². The van der Waals surface area contributed by atoms with E-state index < -0.39 is 0 Å². The van der Waals surface area contributed by atoms with E-state index in [0.717, 1.165) is 31.4 Å². The summed E-state index contributed by atoms with van der Waals surface area (Å²) in [7, 11) is 0. The molecule has 5 heterocycles. The molecule has 8 aromatic carbocycles. The van der Waals surface area contributed by atoms with E-state index in [1.54, 1.807) is 31.0 Å². The van der Waals surface area contributed by atoms with Gasteiger partial charge in [-0.25, -0.2) is 15.0 Å². The molecule has 0 atom stereocenters. The maximum Gasteiger partial charge on any atom is 0.119 e. The van der Waals surface area contributed by atoms with Crippen molar-refractivity contribution >= 4 is 62.3 Å². The molecule has 0 saturated carbocycles. The summed E-state index contributed by atoms with van der Waals surface area (Å²) in [6.45, 7) is 0. The lowest BCUT2D eigenvalue weighted by Crippen LogP contribution is -1.85. The number of aromatic nitrogens is 5. The zero-order valence-corrected chi connectivity index (χ0v) is 36.5.